The van der Waals surface area contributed by atoms with Gasteiger partial charge in [0, 0.05) is 6.54 Å². The average Bonchev–Trinajstić information content (AvgIpc) is 3.04. The molecule has 8 nitrogen and oxygen atoms in total. The van der Waals surface area contributed by atoms with Gasteiger partial charge in [-0.1, -0.05) is 29.3 Å². The van der Waals surface area contributed by atoms with Gasteiger partial charge in [-0.3, -0.25) is 5.32 Å². The van der Waals surface area contributed by atoms with E-state index in [0.29, 0.717) is 26.6 Å². The minimum Gasteiger partial charge on any atom is -0.453 e. The molecule has 3 aromatic rings. The standard InChI is InChI=1S/C16H14Cl2N4O4S/c1-26-16(23)22-15-20-13-5-3-10(7-14(13)21-15)27(24,25)19-8-9-2-4-11(17)12(18)6-9/h2-7,19H,8H2,1H3,(H2,20,21,22,23). The number of aromatic amines is 1. The smallest absolute Gasteiger partial charge is 0.413 e. The Balaban J connectivity index is 1.79. The molecule has 0 saturated heterocycles. The van der Waals surface area contributed by atoms with E-state index in [4.69, 9.17) is 23.2 Å². The van der Waals surface area contributed by atoms with E-state index in [1.165, 1.54) is 25.3 Å². The van der Waals surface area contributed by atoms with Gasteiger partial charge in [-0.05, 0) is 35.9 Å². The number of sulfonamides is 1. The molecule has 0 spiro atoms. The fourth-order valence-electron chi connectivity index (χ4n) is 2.27. The van der Waals surface area contributed by atoms with Crippen LogP contribution in [0, 0.1) is 0 Å². The number of ether oxygens (including phenoxy) is 1. The molecule has 1 heterocycles. The number of imidazole rings is 1. The van der Waals surface area contributed by atoms with Crippen LogP contribution in [0.3, 0.4) is 0 Å². The highest BCUT2D eigenvalue weighted by Gasteiger charge is 2.16. The Morgan fingerprint density at radius 3 is 2.67 bits per heavy atom. The highest BCUT2D eigenvalue weighted by atomic mass is 35.5. The van der Waals surface area contributed by atoms with Gasteiger partial charge in [0.2, 0.25) is 16.0 Å². The maximum atomic E-state index is 12.5. The van der Waals surface area contributed by atoms with Crippen LogP contribution >= 0.6 is 23.2 Å². The third kappa shape index (κ3) is 4.51. The van der Waals surface area contributed by atoms with Gasteiger partial charge in [-0.15, -0.1) is 0 Å². The number of H-pyrrole nitrogens is 1. The molecule has 11 heteroatoms. The van der Waals surface area contributed by atoms with Crippen LogP contribution in [0.1, 0.15) is 5.56 Å². The molecule has 0 aliphatic heterocycles. The highest BCUT2D eigenvalue weighted by Crippen LogP contribution is 2.23. The van der Waals surface area contributed by atoms with Gasteiger partial charge in [0.15, 0.2) is 0 Å². The number of carbonyl (C=O) groups is 1. The Morgan fingerprint density at radius 1 is 1.19 bits per heavy atom. The van der Waals surface area contributed by atoms with Gasteiger partial charge in [-0.2, -0.15) is 0 Å². The van der Waals surface area contributed by atoms with E-state index in [0.717, 1.165) is 0 Å². The topological polar surface area (TPSA) is 113 Å². The van der Waals surface area contributed by atoms with Crippen molar-refractivity contribution in [1.29, 1.82) is 0 Å². The minimum absolute atomic E-state index is 0.0447. The zero-order valence-corrected chi connectivity index (χ0v) is 16.2. The number of fused-ring (bicyclic) bond motifs is 1. The van der Waals surface area contributed by atoms with Crippen LogP contribution < -0.4 is 10.0 Å². The lowest BCUT2D eigenvalue weighted by Crippen LogP contribution is -2.23. The molecule has 142 valence electrons. The number of methoxy groups -OCH3 is 1. The molecule has 27 heavy (non-hydrogen) atoms. The second-order valence-corrected chi connectivity index (χ2v) is 8.04. The van der Waals surface area contributed by atoms with Crippen molar-refractivity contribution in [2.24, 2.45) is 0 Å². The van der Waals surface area contributed by atoms with E-state index >= 15 is 0 Å². The third-order valence-corrected chi connectivity index (χ3v) is 5.76. The second kappa shape index (κ2) is 7.73. The van der Waals surface area contributed by atoms with E-state index in [-0.39, 0.29) is 17.4 Å². The molecule has 1 amide bonds. The van der Waals surface area contributed by atoms with Crippen LogP contribution in [-0.4, -0.2) is 31.6 Å². The molecular weight excluding hydrogens is 415 g/mol. The van der Waals surface area contributed by atoms with Crippen molar-refractivity contribution in [3.8, 4) is 0 Å². The first-order valence-corrected chi connectivity index (χ1v) is 9.81. The summed E-state index contributed by atoms with van der Waals surface area (Å²) >= 11 is 11.8. The molecule has 0 aliphatic carbocycles. The summed E-state index contributed by atoms with van der Waals surface area (Å²) in [4.78, 5) is 18.2. The second-order valence-electron chi connectivity index (χ2n) is 5.45. The van der Waals surface area contributed by atoms with E-state index in [1.54, 1.807) is 18.2 Å². The first kappa shape index (κ1) is 19.4. The van der Waals surface area contributed by atoms with Crippen molar-refractivity contribution in [3.63, 3.8) is 0 Å². The summed E-state index contributed by atoms with van der Waals surface area (Å²) in [6, 6.07) is 9.24. The van der Waals surface area contributed by atoms with E-state index < -0.39 is 16.1 Å². The molecule has 0 aliphatic rings. The molecule has 2 aromatic carbocycles. The lowest BCUT2D eigenvalue weighted by Gasteiger charge is -2.08. The summed E-state index contributed by atoms with van der Waals surface area (Å²) < 4.78 is 32.1. The van der Waals surface area contributed by atoms with Crippen molar-refractivity contribution in [2.45, 2.75) is 11.4 Å². The van der Waals surface area contributed by atoms with Gasteiger partial charge in [-0.25, -0.2) is 22.9 Å². The molecule has 0 saturated carbocycles. The summed E-state index contributed by atoms with van der Waals surface area (Å²) in [6.45, 7) is 0.0510. The molecule has 3 rings (SSSR count). The van der Waals surface area contributed by atoms with Crippen LogP contribution in [0.25, 0.3) is 11.0 Å². The number of hydrogen-bond acceptors (Lipinski definition) is 5. The van der Waals surface area contributed by atoms with Crippen molar-refractivity contribution in [1.82, 2.24) is 14.7 Å². The molecule has 0 bridgehead atoms. The summed E-state index contributed by atoms with van der Waals surface area (Å²) in [6.07, 6.45) is -0.690. The predicted molar refractivity (Wildman–Crippen MR) is 103 cm³/mol. The Labute approximate surface area is 164 Å². The lowest BCUT2D eigenvalue weighted by atomic mass is 10.2. The number of anilines is 1. The number of nitrogens with zero attached hydrogens (tertiary/aromatic N) is 1. The Hall–Kier alpha value is -2.33. The first-order chi connectivity index (χ1) is 12.8. The Morgan fingerprint density at radius 2 is 1.96 bits per heavy atom. The van der Waals surface area contributed by atoms with Gasteiger partial charge >= 0.3 is 6.09 Å². The van der Waals surface area contributed by atoms with Gasteiger partial charge in [0.05, 0.1) is 33.1 Å². The normalized spacial score (nSPS) is 11.5. The number of carbonyl (C=O) groups excluding carboxylic acids is 1. The van der Waals surface area contributed by atoms with Gasteiger partial charge in [0.25, 0.3) is 0 Å². The summed E-state index contributed by atoms with van der Waals surface area (Å²) in [5, 5.41) is 3.12. The van der Waals surface area contributed by atoms with Gasteiger partial charge in [0.1, 0.15) is 0 Å². The van der Waals surface area contributed by atoms with Crippen molar-refractivity contribution >= 4 is 56.3 Å². The summed E-state index contributed by atoms with van der Waals surface area (Å²) in [7, 11) is -2.55. The summed E-state index contributed by atoms with van der Waals surface area (Å²) in [5.74, 6) is 0.148. The largest absolute Gasteiger partial charge is 0.453 e. The van der Waals surface area contributed by atoms with E-state index in [1.807, 2.05) is 0 Å². The molecule has 0 radical (unpaired) electrons. The molecule has 0 fully saturated rings. The minimum atomic E-state index is -3.78. The number of hydrogen-bond donors (Lipinski definition) is 3. The monoisotopic (exact) mass is 428 g/mol. The zero-order valence-electron chi connectivity index (χ0n) is 13.9. The summed E-state index contributed by atoms with van der Waals surface area (Å²) in [5.41, 5.74) is 1.60. The molecule has 0 atom stereocenters. The SMILES string of the molecule is COC(=O)Nc1nc2ccc(S(=O)(=O)NCc3ccc(Cl)c(Cl)c3)cc2[nH]1. The number of aromatic nitrogens is 2. The number of rotatable bonds is 5. The molecule has 3 N–H and O–H groups in total. The quantitative estimate of drug-likeness (QED) is 0.574. The number of halogens is 2. The van der Waals surface area contributed by atoms with Crippen LogP contribution in [0.4, 0.5) is 10.7 Å². The van der Waals surface area contributed by atoms with Crippen LogP contribution in [-0.2, 0) is 21.3 Å². The van der Waals surface area contributed by atoms with Gasteiger partial charge < -0.3 is 9.72 Å². The van der Waals surface area contributed by atoms with Crippen molar-refractivity contribution in [3.05, 3.63) is 52.0 Å². The van der Waals surface area contributed by atoms with E-state index in [9.17, 15) is 13.2 Å². The molecule has 1 aromatic heterocycles. The third-order valence-electron chi connectivity index (χ3n) is 3.62. The van der Waals surface area contributed by atoms with Crippen LogP contribution in [0.2, 0.25) is 10.0 Å². The van der Waals surface area contributed by atoms with E-state index in [2.05, 4.69) is 24.7 Å². The average molecular weight is 429 g/mol. The van der Waals surface area contributed by atoms with Crippen LogP contribution in [0.5, 0.6) is 0 Å². The number of amides is 1. The zero-order chi connectivity index (χ0) is 19.6. The fraction of sp³-hybridized carbons (Fsp3) is 0.125. The number of benzene rings is 2. The first-order valence-electron chi connectivity index (χ1n) is 7.57. The van der Waals surface area contributed by atoms with Crippen molar-refractivity contribution < 1.29 is 17.9 Å². The lowest BCUT2D eigenvalue weighted by molar-refractivity contribution is 0.186. The maximum absolute atomic E-state index is 12.5. The van der Waals surface area contributed by atoms with Crippen molar-refractivity contribution in [2.75, 3.05) is 12.4 Å². The van der Waals surface area contributed by atoms with Crippen LogP contribution in [0.15, 0.2) is 41.3 Å². The molecular formula is C16H14Cl2N4O4S. The maximum Gasteiger partial charge on any atom is 0.413 e. The fourth-order valence-corrected chi connectivity index (χ4v) is 3.64. The Bertz CT molecular complexity index is 1110. The highest BCUT2D eigenvalue weighted by molar-refractivity contribution is 7.89. The molecule has 0 unspecified atom stereocenters. The Kier molecular flexibility index (Phi) is 5.56. The predicted octanol–water partition coefficient (Wildman–Crippen LogP) is 3.53. The number of nitrogens with one attached hydrogen (secondary N) is 3.